The molecule has 0 fully saturated rings. The van der Waals surface area contributed by atoms with Gasteiger partial charge in [-0.05, 0) is 81.3 Å². The summed E-state index contributed by atoms with van der Waals surface area (Å²) < 4.78 is 7.55. The van der Waals surface area contributed by atoms with Crippen LogP contribution in [-0.2, 0) is 4.79 Å². The van der Waals surface area contributed by atoms with Crippen LogP contribution in [-0.4, -0.2) is 17.1 Å². The highest BCUT2D eigenvalue weighted by atomic mass is 16.5. The third kappa shape index (κ3) is 4.44. The molecule has 1 heterocycles. The molecule has 1 aromatic heterocycles. The molecule has 0 spiro atoms. The number of anilines is 1. The minimum atomic E-state index is -0.442. The number of nitrogens with one attached hydrogen (secondary N) is 1. The van der Waals surface area contributed by atoms with Gasteiger partial charge in [0.05, 0.1) is 6.61 Å². The lowest BCUT2D eigenvalue weighted by molar-refractivity contribution is -0.112. The summed E-state index contributed by atoms with van der Waals surface area (Å²) in [6.07, 6.45) is 1.64. The number of hydrogen-bond acceptors (Lipinski definition) is 3. The van der Waals surface area contributed by atoms with E-state index in [1.165, 1.54) is 0 Å². The van der Waals surface area contributed by atoms with E-state index in [0.717, 1.165) is 34.0 Å². The number of benzene rings is 2. The predicted octanol–water partition coefficient (Wildman–Crippen LogP) is 5.35. The van der Waals surface area contributed by atoms with E-state index in [4.69, 9.17) is 4.74 Å². The average molecular weight is 399 g/mol. The number of hydrogen-bond donors (Lipinski definition) is 1. The summed E-state index contributed by atoms with van der Waals surface area (Å²) in [4.78, 5) is 12.6. The average Bonchev–Trinajstić information content (AvgIpc) is 3.01. The van der Waals surface area contributed by atoms with Gasteiger partial charge >= 0.3 is 0 Å². The van der Waals surface area contributed by atoms with Gasteiger partial charge in [0.2, 0.25) is 0 Å². The maximum absolute atomic E-state index is 12.6. The van der Waals surface area contributed by atoms with E-state index in [2.05, 4.69) is 28.9 Å². The number of aromatic nitrogens is 1. The molecule has 0 saturated heterocycles. The maximum atomic E-state index is 12.6. The van der Waals surface area contributed by atoms with Crippen molar-refractivity contribution < 1.29 is 9.53 Å². The van der Waals surface area contributed by atoms with Gasteiger partial charge in [-0.25, -0.2) is 0 Å². The van der Waals surface area contributed by atoms with Gasteiger partial charge in [0.15, 0.2) is 0 Å². The quantitative estimate of drug-likeness (QED) is 0.449. The highest BCUT2D eigenvalue weighted by molar-refractivity contribution is 6.09. The molecule has 3 aromatic rings. The lowest BCUT2D eigenvalue weighted by Crippen LogP contribution is -2.13. The van der Waals surface area contributed by atoms with Crippen molar-refractivity contribution in [1.29, 1.82) is 5.26 Å². The highest BCUT2D eigenvalue weighted by Crippen LogP contribution is 2.25. The number of rotatable bonds is 6. The Labute approximate surface area is 177 Å². The zero-order valence-electron chi connectivity index (χ0n) is 17.7. The highest BCUT2D eigenvalue weighted by Gasteiger charge is 2.15. The van der Waals surface area contributed by atoms with E-state index < -0.39 is 5.91 Å². The van der Waals surface area contributed by atoms with Crippen LogP contribution in [0.2, 0.25) is 0 Å². The Morgan fingerprint density at radius 1 is 1.13 bits per heavy atom. The first kappa shape index (κ1) is 20.9. The Morgan fingerprint density at radius 2 is 1.83 bits per heavy atom. The number of amides is 1. The molecule has 3 rings (SSSR count). The molecule has 2 aromatic carbocycles. The lowest BCUT2D eigenvalue weighted by Gasteiger charge is -2.12. The van der Waals surface area contributed by atoms with Crippen LogP contribution < -0.4 is 10.1 Å². The summed E-state index contributed by atoms with van der Waals surface area (Å²) in [5.41, 5.74) is 5.76. The number of carbonyl (C=O) groups is 1. The van der Waals surface area contributed by atoms with Crippen molar-refractivity contribution in [3.05, 3.63) is 82.7 Å². The molecule has 0 radical (unpaired) electrons. The van der Waals surface area contributed by atoms with E-state index in [-0.39, 0.29) is 5.57 Å². The summed E-state index contributed by atoms with van der Waals surface area (Å²) in [6.45, 7) is 8.56. The molecule has 0 aliphatic rings. The molecule has 0 bridgehead atoms. The third-order valence-corrected chi connectivity index (χ3v) is 4.91. The molecule has 5 heteroatoms. The second-order valence-corrected chi connectivity index (χ2v) is 7.03. The molecule has 0 aliphatic carbocycles. The second-order valence-electron chi connectivity index (χ2n) is 7.03. The summed E-state index contributed by atoms with van der Waals surface area (Å²) >= 11 is 0. The van der Waals surface area contributed by atoms with E-state index in [0.29, 0.717) is 12.3 Å². The molecule has 0 unspecified atom stereocenters. The van der Waals surface area contributed by atoms with Crippen LogP contribution >= 0.6 is 0 Å². The van der Waals surface area contributed by atoms with Crippen molar-refractivity contribution >= 4 is 17.7 Å². The minimum Gasteiger partial charge on any atom is -0.494 e. The van der Waals surface area contributed by atoms with Gasteiger partial charge in [0, 0.05) is 22.8 Å². The molecule has 152 valence electrons. The van der Waals surface area contributed by atoms with Crippen LogP contribution in [0.4, 0.5) is 5.69 Å². The van der Waals surface area contributed by atoms with Crippen LogP contribution in [0.25, 0.3) is 11.8 Å². The van der Waals surface area contributed by atoms with E-state index in [1.807, 2.05) is 45.0 Å². The normalized spacial score (nSPS) is 11.1. The zero-order chi connectivity index (χ0) is 21.7. The molecular weight excluding hydrogens is 374 g/mol. The number of para-hydroxylation sites is 1. The minimum absolute atomic E-state index is 0.0499. The summed E-state index contributed by atoms with van der Waals surface area (Å²) in [5, 5.41) is 12.3. The molecule has 0 aliphatic heterocycles. The lowest BCUT2D eigenvalue weighted by atomic mass is 10.1. The fourth-order valence-corrected chi connectivity index (χ4v) is 3.42. The zero-order valence-corrected chi connectivity index (χ0v) is 17.7. The molecule has 30 heavy (non-hydrogen) atoms. The number of nitrogens with zero attached hydrogens (tertiary/aromatic N) is 2. The number of ether oxygens (including phenoxy) is 1. The van der Waals surface area contributed by atoms with Gasteiger partial charge < -0.3 is 14.6 Å². The van der Waals surface area contributed by atoms with Gasteiger partial charge in [-0.3, -0.25) is 4.79 Å². The Bertz CT molecular complexity index is 1130. The van der Waals surface area contributed by atoms with Crippen molar-refractivity contribution in [2.45, 2.75) is 27.7 Å². The van der Waals surface area contributed by atoms with Crippen LogP contribution in [0, 0.1) is 32.1 Å². The van der Waals surface area contributed by atoms with Crippen molar-refractivity contribution in [2.24, 2.45) is 0 Å². The van der Waals surface area contributed by atoms with Crippen molar-refractivity contribution in [3.63, 3.8) is 0 Å². The standard InChI is InChI=1S/C25H25N3O2/c1-5-30-23-12-10-22(11-13-23)27-25(29)21(16-26)15-20-14-18(3)28(19(20)4)24-9-7-6-8-17(24)2/h6-15H,5H2,1-4H3,(H,27,29). The predicted molar refractivity (Wildman–Crippen MR) is 120 cm³/mol. The van der Waals surface area contributed by atoms with Crippen molar-refractivity contribution in [1.82, 2.24) is 4.57 Å². The summed E-state index contributed by atoms with van der Waals surface area (Å²) in [6, 6.07) is 19.2. The van der Waals surface area contributed by atoms with Crippen LogP contribution in [0.3, 0.4) is 0 Å². The van der Waals surface area contributed by atoms with Crippen molar-refractivity contribution in [2.75, 3.05) is 11.9 Å². The van der Waals surface area contributed by atoms with E-state index >= 15 is 0 Å². The smallest absolute Gasteiger partial charge is 0.266 e. The molecular formula is C25H25N3O2. The Balaban J connectivity index is 1.87. The maximum Gasteiger partial charge on any atom is 0.266 e. The van der Waals surface area contributed by atoms with Crippen molar-refractivity contribution in [3.8, 4) is 17.5 Å². The first-order valence-electron chi connectivity index (χ1n) is 9.85. The van der Waals surface area contributed by atoms with Gasteiger partial charge in [-0.1, -0.05) is 18.2 Å². The first-order valence-corrected chi connectivity index (χ1v) is 9.85. The van der Waals surface area contributed by atoms with Gasteiger partial charge in [0.25, 0.3) is 5.91 Å². The van der Waals surface area contributed by atoms with Crippen LogP contribution in [0.5, 0.6) is 5.75 Å². The van der Waals surface area contributed by atoms with E-state index in [9.17, 15) is 10.1 Å². The number of nitriles is 1. The van der Waals surface area contributed by atoms with Gasteiger partial charge in [-0.2, -0.15) is 5.26 Å². The van der Waals surface area contributed by atoms with Gasteiger partial charge in [0.1, 0.15) is 17.4 Å². The topological polar surface area (TPSA) is 67.0 Å². The Hall–Kier alpha value is -3.78. The Kier molecular flexibility index (Phi) is 6.38. The molecule has 5 nitrogen and oxygen atoms in total. The largest absolute Gasteiger partial charge is 0.494 e. The molecule has 1 amide bonds. The second kappa shape index (κ2) is 9.15. The first-order chi connectivity index (χ1) is 14.4. The number of carbonyl (C=O) groups excluding carboxylic acids is 1. The third-order valence-electron chi connectivity index (χ3n) is 4.91. The van der Waals surface area contributed by atoms with E-state index in [1.54, 1.807) is 30.3 Å². The van der Waals surface area contributed by atoms with Crippen LogP contribution in [0.1, 0.15) is 29.4 Å². The van der Waals surface area contributed by atoms with Crippen LogP contribution in [0.15, 0.2) is 60.2 Å². The fourth-order valence-electron chi connectivity index (χ4n) is 3.42. The monoisotopic (exact) mass is 399 g/mol. The summed E-state index contributed by atoms with van der Waals surface area (Å²) in [7, 11) is 0. The fraction of sp³-hybridized carbons (Fsp3) is 0.200. The number of aryl methyl sites for hydroxylation is 2. The molecule has 0 saturated carbocycles. The molecule has 1 N–H and O–H groups in total. The SMILES string of the molecule is CCOc1ccc(NC(=O)C(C#N)=Cc2cc(C)n(-c3ccccc3C)c2C)cc1. The van der Waals surface area contributed by atoms with Gasteiger partial charge in [-0.15, -0.1) is 0 Å². The summed E-state index contributed by atoms with van der Waals surface area (Å²) in [5.74, 6) is 0.289. The Morgan fingerprint density at radius 3 is 2.47 bits per heavy atom. The molecule has 0 atom stereocenters.